The fraction of sp³-hybridized carbons (Fsp3) is 0.286. The summed E-state index contributed by atoms with van der Waals surface area (Å²) in [5.41, 5.74) is 15.9. The number of aliphatic imine (C=N–C) groups is 1. The molecule has 0 aliphatic heterocycles. The molecule has 0 spiro atoms. The van der Waals surface area contributed by atoms with Crippen molar-refractivity contribution in [2.75, 3.05) is 4.90 Å². The van der Waals surface area contributed by atoms with Crippen LogP contribution >= 0.6 is 11.6 Å². The van der Waals surface area contributed by atoms with E-state index < -0.39 is 5.91 Å². The number of nitrogens with two attached hydrogens (primary N) is 2. The zero-order chi connectivity index (χ0) is 23.9. The normalized spacial score (nSPS) is 13.9. The Bertz CT molecular complexity index is 1130. The van der Waals surface area contributed by atoms with Gasteiger partial charge in [0.05, 0.1) is 0 Å². The predicted octanol–water partition coefficient (Wildman–Crippen LogP) is 6.01. The van der Waals surface area contributed by atoms with Crippen LogP contribution in [0.15, 0.2) is 77.8 Å². The number of carbonyl (C=O) groups is 1. The SMILES string of the molecule is NC(N)=NC(=O)c1ccc(CN(Cc2cccc(Cl)c2)c2ccc(C3CCCCC3)cc2)cc1. The van der Waals surface area contributed by atoms with Gasteiger partial charge in [-0.05, 0) is 71.8 Å². The van der Waals surface area contributed by atoms with Crippen molar-refractivity contribution in [1.82, 2.24) is 0 Å². The number of amides is 1. The zero-order valence-corrected chi connectivity index (χ0v) is 20.0. The van der Waals surface area contributed by atoms with E-state index in [1.807, 2.05) is 30.3 Å². The Balaban J connectivity index is 1.55. The molecule has 3 aromatic carbocycles. The molecule has 0 bridgehead atoms. The Kier molecular flexibility index (Phi) is 7.86. The second-order valence-electron chi connectivity index (χ2n) is 8.95. The van der Waals surface area contributed by atoms with Crippen LogP contribution in [0.4, 0.5) is 5.69 Å². The summed E-state index contributed by atoms with van der Waals surface area (Å²) in [7, 11) is 0. The maximum atomic E-state index is 12.1. The standard InChI is InChI=1S/C28H31ClN4O/c29-25-8-4-5-21(17-25)19-33(18-20-9-11-24(12-10-20)27(34)32-28(30)31)26-15-13-23(14-16-26)22-6-2-1-3-7-22/h4-5,8-17,22H,1-3,6-7,18-19H2,(H4,30,31,32,34). The number of benzene rings is 3. The lowest BCUT2D eigenvalue weighted by atomic mass is 9.84. The fourth-order valence-corrected chi connectivity index (χ4v) is 4.86. The maximum Gasteiger partial charge on any atom is 0.280 e. The first-order chi connectivity index (χ1) is 16.5. The molecular weight excluding hydrogens is 444 g/mol. The highest BCUT2D eigenvalue weighted by Crippen LogP contribution is 2.33. The number of anilines is 1. The molecule has 1 saturated carbocycles. The van der Waals surface area contributed by atoms with E-state index in [4.69, 9.17) is 23.1 Å². The van der Waals surface area contributed by atoms with Crippen LogP contribution < -0.4 is 16.4 Å². The summed E-state index contributed by atoms with van der Waals surface area (Å²) in [5.74, 6) is -0.00133. The number of rotatable bonds is 7. The minimum atomic E-state index is -0.444. The Labute approximate surface area is 206 Å². The van der Waals surface area contributed by atoms with Crippen LogP contribution in [-0.4, -0.2) is 11.9 Å². The molecule has 3 aromatic rings. The van der Waals surface area contributed by atoms with Crippen LogP contribution in [0.25, 0.3) is 0 Å². The van der Waals surface area contributed by atoms with Crippen molar-refractivity contribution in [2.24, 2.45) is 16.5 Å². The minimum Gasteiger partial charge on any atom is -0.370 e. The number of carbonyl (C=O) groups excluding carboxylic acids is 1. The molecule has 4 rings (SSSR count). The lowest BCUT2D eigenvalue weighted by molar-refractivity contribution is 0.100. The highest BCUT2D eigenvalue weighted by atomic mass is 35.5. The summed E-state index contributed by atoms with van der Waals surface area (Å²) >= 11 is 6.25. The topological polar surface area (TPSA) is 84.7 Å². The van der Waals surface area contributed by atoms with Gasteiger partial charge in [0.1, 0.15) is 0 Å². The molecule has 4 N–H and O–H groups in total. The van der Waals surface area contributed by atoms with Crippen LogP contribution in [0.2, 0.25) is 5.02 Å². The molecule has 1 amide bonds. The first kappa shape index (κ1) is 23.8. The van der Waals surface area contributed by atoms with E-state index in [0.29, 0.717) is 18.0 Å². The molecule has 176 valence electrons. The number of guanidine groups is 1. The number of hydrogen-bond acceptors (Lipinski definition) is 2. The van der Waals surface area contributed by atoms with Crippen LogP contribution in [-0.2, 0) is 13.1 Å². The van der Waals surface area contributed by atoms with E-state index in [1.54, 1.807) is 12.1 Å². The monoisotopic (exact) mass is 474 g/mol. The minimum absolute atomic E-state index is 0.238. The van der Waals surface area contributed by atoms with E-state index in [1.165, 1.54) is 37.7 Å². The van der Waals surface area contributed by atoms with E-state index in [9.17, 15) is 4.79 Å². The van der Waals surface area contributed by atoms with E-state index in [2.05, 4.69) is 40.2 Å². The van der Waals surface area contributed by atoms with Crippen molar-refractivity contribution in [3.63, 3.8) is 0 Å². The summed E-state index contributed by atoms with van der Waals surface area (Å²) in [6.07, 6.45) is 6.59. The Morgan fingerprint density at radius 2 is 1.56 bits per heavy atom. The summed E-state index contributed by atoms with van der Waals surface area (Å²) in [6.45, 7) is 1.41. The first-order valence-electron chi connectivity index (χ1n) is 11.8. The van der Waals surface area contributed by atoms with E-state index >= 15 is 0 Å². The van der Waals surface area contributed by atoms with Gasteiger partial charge < -0.3 is 16.4 Å². The van der Waals surface area contributed by atoms with Crippen LogP contribution in [0.5, 0.6) is 0 Å². The fourth-order valence-electron chi connectivity index (χ4n) is 4.64. The summed E-state index contributed by atoms with van der Waals surface area (Å²) < 4.78 is 0. The van der Waals surface area contributed by atoms with Crippen molar-refractivity contribution < 1.29 is 4.79 Å². The quantitative estimate of drug-likeness (QED) is 0.324. The van der Waals surface area contributed by atoms with Crippen LogP contribution in [0, 0.1) is 0 Å². The molecule has 0 atom stereocenters. The number of nitrogens with zero attached hydrogens (tertiary/aromatic N) is 2. The third kappa shape index (κ3) is 6.39. The molecule has 1 aliphatic rings. The smallest absolute Gasteiger partial charge is 0.280 e. The van der Waals surface area contributed by atoms with Gasteiger partial charge in [-0.2, -0.15) is 4.99 Å². The average molecular weight is 475 g/mol. The number of hydrogen-bond donors (Lipinski definition) is 2. The molecule has 0 saturated heterocycles. The van der Waals surface area contributed by atoms with Crippen LogP contribution in [0.3, 0.4) is 0 Å². The van der Waals surface area contributed by atoms with Gasteiger partial charge in [-0.25, -0.2) is 0 Å². The summed E-state index contributed by atoms with van der Waals surface area (Å²) in [4.78, 5) is 18.0. The van der Waals surface area contributed by atoms with Gasteiger partial charge in [-0.1, -0.05) is 67.3 Å². The second kappa shape index (κ2) is 11.2. The lowest BCUT2D eigenvalue weighted by Gasteiger charge is -2.27. The Hall–Kier alpha value is -3.31. The number of halogens is 1. The van der Waals surface area contributed by atoms with Gasteiger partial charge in [0.2, 0.25) is 0 Å². The van der Waals surface area contributed by atoms with Gasteiger partial charge >= 0.3 is 0 Å². The second-order valence-corrected chi connectivity index (χ2v) is 9.39. The molecular formula is C28H31ClN4O. The molecule has 0 unspecified atom stereocenters. The zero-order valence-electron chi connectivity index (χ0n) is 19.3. The third-order valence-electron chi connectivity index (χ3n) is 6.40. The highest BCUT2D eigenvalue weighted by Gasteiger charge is 2.16. The molecule has 6 heteroatoms. The lowest BCUT2D eigenvalue weighted by Crippen LogP contribution is -2.24. The Morgan fingerprint density at radius 3 is 2.21 bits per heavy atom. The van der Waals surface area contributed by atoms with Crippen molar-refractivity contribution in [3.05, 3.63) is 100 Å². The van der Waals surface area contributed by atoms with Gasteiger partial charge in [0, 0.05) is 29.4 Å². The molecule has 0 aromatic heterocycles. The largest absolute Gasteiger partial charge is 0.370 e. The molecule has 34 heavy (non-hydrogen) atoms. The van der Waals surface area contributed by atoms with Gasteiger partial charge in [0.15, 0.2) is 5.96 Å². The third-order valence-corrected chi connectivity index (χ3v) is 6.64. The van der Waals surface area contributed by atoms with Crippen molar-refractivity contribution >= 4 is 29.2 Å². The Morgan fingerprint density at radius 1 is 0.882 bits per heavy atom. The van der Waals surface area contributed by atoms with Crippen molar-refractivity contribution in [3.8, 4) is 0 Å². The van der Waals surface area contributed by atoms with E-state index in [-0.39, 0.29) is 5.96 Å². The molecule has 1 aliphatic carbocycles. The van der Waals surface area contributed by atoms with Crippen molar-refractivity contribution in [1.29, 1.82) is 0 Å². The highest BCUT2D eigenvalue weighted by molar-refractivity contribution is 6.30. The van der Waals surface area contributed by atoms with Gasteiger partial charge in [0.25, 0.3) is 5.91 Å². The molecule has 5 nitrogen and oxygen atoms in total. The maximum absolute atomic E-state index is 12.1. The van der Waals surface area contributed by atoms with Crippen LogP contribution in [0.1, 0.15) is 65.1 Å². The molecule has 1 fully saturated rings. The predicted molar refractivity (Wildman–Crippen MR) is 140 cm³/mol. The summed E-state index contributed by atoms with van der Waals surface area (Å²) in [6, 6.07) is 24.4. The average Bonchev–Trinajstić information content (AvgIpc) is 2.84. The van der Waals surface area contributed by atoms with Crippen molar-refractivity contribution in [2.45, 2.75) is 51.1 Å². The molecule has 0 radical (unpaired) electrons. The van der Waals surface area contributed by atoms with Gasteiger partial charge in [-0.3, -0.25) is 4.79 Å². The first-order valence-corrected chi connectivity index (χ1v) is 12.2. The van der Waals surface area contributed by atoms with Gasteiger partial charge in [-0.15, -0.1) is 0 Å². The van der Waals surface area contributed by atoms with E-state index in [0.717, 1.165) is 28.4 Å². The summed E-state index contributed by atoms with van der Waals surface area (Å²) in [5, 5.41) is 0.729. The molecule has 0 heterocycles.